The van der Waals surface area contributed by atoms with Crippen molar-refractivity contribution in [2.75, 3.05) is 11.9 Å². The molecule has 0 spiro atoms. The van der Waals surface area contributed by atoms with Gasteiger partial charge in [-0.15, -0.1) is 0 Å². The average molecular weight is 413 g/mol. The standard InChI is InChI=1S/C24H23N5O2/c1-2-20(30)15-27-24(31)28-19-3-4-22-18(13-19)14-21(16-5-9-25-10-6-16)23(29-22)17-7-11-26-12-8-17/h3-14,20,30H,2,15H2,1H3,(H2,27,28,31). The van der Waals surface area contributed by atoms with Crippen LogP contribution >= 0.6 is 0 Å². The minimum atomic E-state index is -0.555. The van der Waals surface area contributed by atoms with Crippen LogP contribution in [0.4, 0.5) is 10.5 Å². The number of nitrogens with zero attached hydrogens (tertiary/aromatic N) is 3. The van der Waals surface area contributed by atoms with Crippen molar-refractivity contribution in [3.63, 3.8) is 0 Å². The number of nitrogens with one attached hydrogen (secondary N) is 2. The molecule has 3 aromatic heterocycles. The van der Waals surface area contributed by atoms with Crippen LogP contribution in [0.25, 0.3) is 33.3 Å². The Morgan fingerprint density at radius 2 is 1.65 bits per heavy atom. The molecule has 31 heavy (non-hydrogen) atoms. The van der Waals surface area contributed by atoms with Gasteiger partial charge in [0.1, 0.15) is 0 Å². The Balaban J connectivity index is 1.70. The molecule has 1 unspecified atom stereocenters. The quantitative estimate of drug-likeness (QED) is 0.439. The van der Waals surface area contributed by atoms with Crippen LogP contribution in [-0.4, -0.2) is 38.7 Å². The molecule has 0 aliphatic carbocycles. The summed E-state index contributed by atoms with van der Waals surface area (Å²) in [7, 11) is 0. The van der Waals surface area contributed by atoms with Crippen LogP contribution in [0.1, 0.15) is 13.3 Å². The number of carbonyl (C=O) groups excluding carboxylic acids is 1. The zero-order valence-electron chi connectivity index (χ0n) is 17.1. The first kappa shape index (κ1) is 20.4. The summed E-state index contributed by atoms with van der Waals surface area (Å²) in [6.07, 6.45) is 7.03. The number of amides is 2. The number of aliphatic hydroxyl groups excluding tert-OH is 1. The van der Waals surface area contributed by atoms with E-state index in [4.69, 9.17) is 4.98 Å². The predicted molar refractivity (Wildman–Crippen MR) is 122 cm³/mol. The topological polar surface area (TPSA) is 100 Å². The molecule has 1 atom stereocenters. The van der Waals surface area contributed by atoms with E-state index in [9.17, 15) is 9.90 Å². The maximum atomic E-state index is 12.1. The number of aliphatic hydroxyl groups is 1. The lowest BCUT2D eigenvalue weighted by Gasteiger charge is -2.13. The summed E-state index contributed by atoms with van der Waals surface area (Å²) >= 11 is 0. The highest BCUT2D eigenvalue weighted by atomic mass is 16.3. The molecule has 0 bridgehead atoms. The van der Waals surface area contributed by atoms with Crippen molar-refractivity contribution in [2.24, 2.45) is 0 Å². The maximum absolute atomic E-state index is 12.1. The number of rotatable bonds is 6. The van der Waals surface area contributed by atoms with Crippen molar-refractivity contribution in [3.05, 3.63) is 73.3 Å². The molecular formula is C24H23N5O2. The number of pyridine rings is 3. The van der Waals surface area contributed by atoms with Gasteiger partial charge < -0.3 is 15.7 Å². The van der Waals surface area contributed by atoms with Gasteiger partial charge in [-0.3, -0.25) is 9.97 Å². The Kier molecular flexibility index (Phi) is 6.14. The van der Waals surface area contributed by atoms with E-state index >= 15 is 0 Å². The molecule has 0 saturated carbocycles. The minimum Gasteiger partial charge on any atom is -0.391 e. The van der Waals surface area contributed by atoms with E-state index in [2.05, 4.69) is 26.7 Å². The second-order valence-corrected chi connectivity index (χ2v) is 7.16. The van der Waals surface area contributed by atoms with Gasteiger partial charge in [-0.05, 0) is 60.5 Å². The highest BCUT2D eigenvalue weighted by Crippen LogP contribution is 2.33. The molecule has 4 aromatic rings. The maximum Gasteiger partial charge on any atom is 0.319 e. The molecule has 7 heteroatoms. The second-order valence-electron chi connectivity index (χ2n) is 7.16. The van der Waals surface area contributed by atoms with E-state index in [-0.39, 0.29) is 12.6 Å². The number of urea groups is 1. The Morgan fingerprint density at radius 3 is 2.32 bits per heavy atom. The van der Waals surface area contributed by atoms with Crippen molar-refractivity contribution >= 4 is 22.6 Å². The van der Waals surface area contributed by atoms with Gasteiger partial charge in [0.15, 0.2) is 0 Å². The fraction of sp³-hybridized carbons (Fsp3) is 0.167. The molecule has 0 aliphatic rings. The predicted octanol–water partition coefficient (Wildman–Crippen LogP) is 4.25. The summed E-state index contributed by atoms with van der Waals surface area (Å²) in [6, 6.07) is 15.1. The number of fused-ring (bicyclic) bond motifs is 1. The van der Waals surface area contributed by atoms with Gasteiger partial charge in [0.25, 0.3) is 0 Å². The van der Waals surface area contributed by atoms with Crippen molar-refractivity contribution in [1.82, 2.24) is 20.3 Å². The zero-order valence-corrected chi connectivity index (χ0v) is 17.1. The molecule has 0 aliphatic heterocycles. The van der Waals surface area contributed by atoms with Crippen LogP contribution in [0.3, 0.4) is 0 Å². The van der Waals surface area contributed by atoms with Gasteiger partial charge >= 0.3 is 6.03 Å². The number of hydrogen-bond donors (Lipinski definition) is 3. The zero-order chi connectivity index (χ0) is 21.6. The molecule has 0 radical (unpaired) electrons. The van der Waals surface area contributed by atoms with E-state index < -0.39 is 6.10 Å². The molecule has 156 valence electrons. The van der Waals surface area contributed by atoms with Gasteiger partial charge in [0, 0.05) is 53.5 Å². The molecule has 1 aromatic carbocycles. The van der Waals surface area contributed by atoms with Gasteiger partial charge in [-0.25, -0.2) is 9.78 Å². The van der Waals surface area contributed by atoms with Crippen LogP contribution in [0.15, 0.2) is 73.3 Å². The van der Waals surface area contributed by atoms with Crippen molar-refractivity contribution in [3.8, 4) is 22.4 Å². The van der Waals surface area contributed by atoms with E-state index in [1.165, 1.54) is 0 Å². The smallest absolute Gasteiger partial charge is 0.319 e. The van der Waals surface area contributed by atoms with Crippen LogP contribution in [-0.2, 0) is 0 Å². The van der Waals surface area contributed by atoms with Crippen LogP contribution in [0.2, 0.25) is 0 Å². The van der Waals surface area contributed by atoms with E-state index in [0.29, 0.717) is 12.1 Å². The number of benzene rings is 1. The second kappa shape index (κ2) is 9.32. The highest BCUT2D eigenvalue weighted by Gasteiger charge is 2.12. The fourth-order valence-electron chi connectivity index (χ4n) is 3.27. The third kappa shape index (κ3) is 4.84. The molecule has 0 fully saturated rings. The van der Waals surface area contributed by atoms with E-state index in [1.54, 1.807) is 24.8 Å². The monoisotopic (exact) mass is 413 g/mol. The third-order valence-corrected chi connectivity index (χ3v) is 4.99. The largest absolute Gasteiger partial charge is 0.391 e. The summed E-state index contributed by atoms with van der Waals surface area (Å²) in [4.78, 5) is 25.3. The molecule has 0 saturated heterocycles. The highest BCUT2D eigenvalue weighted by molar-refractivity contribution is 5.96. The lowest BCUT2D eigenvalue weighted by Crippen LogP contribution is -2.34. The summed E-state index contributed by atoms with van der Waals surface area (Å²) in [5.41, 5.74) is 5.26. The Hall–Kier alpha value is -3.84. The van der Waals surface area contributed by atoms with E-state index in [0.717, 1.165) is 33.3 Å². The van der Waals surface area contributed by atoms with Crippen LogP contribution < -0.4 is 10.6 Å². The molecule has 7 nitrogen and oxygen atoms in total. The number of hydrogen-bond acceptors (Lipinski definition) is 5. The third-order valence-electron chi connectivity index (χ3n) is 4.99. The molecule has 2 amide bonds. The first-order valence-corrected chi connectivity index (χ1v) is 10.1. The van der Waals surface area contributed by atoms with Gasteiger partial charge in [0.05, 0.1) is 17.3 Å². The molecule has 3 N–H and O–H groups in total. The summed E-state index contributed by atoms with van der Waals surface area (Å²) in [5.74, 6) is 0. The molecule has 3 heterocycles. The van der Waals surface area contributed by atoms with E-state index in [1.807, 2.05) is 49.4 Å². The Labute approximate surface area is 180 Å². The molecular weight excluding hydrogens is 390 g/mol. The summed E-state index contributed by atoms with van der Waals surface area (Å²) in [5, 5.41) is 16.0. The Bertz CT molecular complexity index is 1180. The first-order valence-electron chi connectivity index (χ1n) is 10.1. The molecule has 4 rings (SSSR count). The normalized spacial score (nSPS) is 11.8. The van der Waals surface area contributed by atoms with Crippen molar-refractivity contribution in [1.29, 1.82) is 0 Å². The van der Waals surface area contributed by atoms with Gasteiger partial charge in [-0.2, -0.15) is 0 Å². The number of aromatic nitrogens is 3. The lowest BCUT2D eigenvalue weighted by molar-refractivity contribution is 0.168. The number of carbonyl (C=O) groups is 1. The van der Waals surface area contributed by atoms with Crippen LogP contribution in [0.5, 0.6) is 0 Å². The van der Waals surface area contributed by atoms with Gasteiger partial charge in [-0.1, -0.05) is 6.92 Å². The Morgan fingerprint density at radius 1 is 0.968 bits per heavy atom. The van der Waals surface area contributed by atoms with Crippen LogP contribution in [0, 0.1) is 0 Å². The SMILES string of the molecule is CCC(O)CNC(=O)Nc1ccc2nc(-c3ccncc3)c(-c3ccncc3)cc2c1. The number of anilines is 1. The average Bonchev–Trinajstić information content (AvgIpc) is 2.82. The van der Waals surface area contributed by atoms with Gasteiger partial charge in [0.2, 0.25) is 0 Å². The summed E-state index contributed by atoms with van der Waals surface area (Å²) in [6.45, 7) is 2.07. The van der Waals surface area contributed by atoms with Crippen molar-refractivity contribution < 1.29 is 9.90 Å². The van der Waals surface area contributed by atoms with Crippen molar-refractivity contribution in [2.45, 2.75) is 19.4 Å². The fourth-order valence-corrected chi connectivity index (χ4v) is 3.27. The first-order chi connectivity index (χ1) is 15.1. The lowest BCUT2D eigenvalue weighted by atomic mass is 9.98. The minimum absolute atomic E-state index is 0.207. The summed E-state index contributed by atoms with van der Waals surface area (Å²) < 4.78 is 0.